The summed E-state index contributed by atoms with van der Waals surface area (Å²) in [7, 11) is 0. The number of benzene rings is 1. The van der Waals surface area contributed by atoms with Gasteiger partial charge in [-0.05, 0) is 36.3 Å². The second kappa shape index (κ2) is 5.72. The first-order valence-corrected chi connectivity index (χ1v) is 7.44. The van der Waals surface area contributed by atoms with Crippen LogP contribution in [0.3, 0.4) is 0 Å². The quantitative estimate of drug-likeness (QED) is 0.882. The van der Waals surface area contributed by atoms with Crippen LogP contribution in [0.4, 0.5) is 5.69 Å². The molecule has 2 rings (SSSR count). The highest BCUT2D eigenvalue weighted by Gasteiger charge is 2.29. The number of rotatable bonds is 2. The van der Waals surface area contributed by atoms with Crippen LogP contribution in [0.25, 0.3) is 0 Å². The summed E-state index contributed by atoms with van der Waals surface area (Å²) in [6.07, 6.45) is 2.42. The monoisotopic (exact) mass is 281 g/mol. The molecular weight excluding hydrogens is 258 g/mol. The molecule has 1 heterocycles. The lowest BCUT2D eigenvalue weighted by Crippen LogP contribution is -2.38. The van der Waals surface area contributed by atoms with E-state index in [-0.39, 0.29) is 6.61 Å². The fraction of sp³-hybridized carbons (Fsp3) is 0.625. The predicted molar refractivity (Wildman–Crippen MR) is 81.8 cm³/mol. The molecule has 1 fully saturated rings. The summed E-state index contributed by atoms with van der Waals surface area (Å²) in [6, 6.07) is 5.75. The number of aliphatic hydroxyl groups excluding tert-OH is 1. The Hall–Kier alpha value is -0.730. The maximum absolute atomic E-state index is 9.45. The first-order valence-electron chi connectivity index (χ1n) is 7.06. The van der Waals surface area contributed by atoms with Crippen LogP contribution in [0.5, 0.6) is 0 Å². The smallest absolute Gasteiger partial charge is 0.0702 e. The number of hydrogen-bond donors (Lipinski definition) is 1. The number of aliphatic hydroxyl groups is 1. The van der Waals surface area contributed by atoms with Crippen molar-refractivity contribution in [3.8, 4) is 0 Å². The summed E-state index contributed by atoms with van der Waals surface area (Å²) in [4.78, 5) is 2.36. The highest BCUT2D eigenvalue weighted by Crippen LogP contribution is 2.36. The lowest BCUT2D eigenvalue weighted by atomic mass is 9.75. The topological polar surface area (TPSA) is 23.5 Å². The van der Waals surface area contributed by atoms with Crippen LogP contribution in [0.1, 0.15) is 39.2 Å². The van der Waals surface area contributed by atoms with Crippen LogP contribution >= 0.6 is 11.6 Å². The average molecular weight is 282 g/mol. The molecule has 1 saturated heterocycles. The van der Waals surface area contributed by atoms with Gasteiger partial charge < -0.3 is 10.0 Å². The van der Waals surface area contributed by atoms with E-state index in [1.165, 1.54) is 12.8 Å². The second-order valence-electron chi connectivity index (χ2n) is 6.56. The largest absolute Gasteiger partial charge is 0.392 e. The van der Waals surface area contributed by atoms with Crippen molar-refractivity contribution in [3.05, 3.63) is 28.8 Å². The Kier molecular flexibility index (Phi) is 4.42. The SMILES string of the molecule is CC(C)(C)C1CCN(c2cc(Cl)ccc2CO)CC1. The van der Waals surface area contributed by atoms with Crippen molar-refractivity contribution in [3.63, 3.8) is 0 Å². The van der Waals surface area contributed by atoms with E-state index in [2.05, 4.69) is 25.7 Å². The van der Waals surface area contributed by atoms with Gasteiger partial charge in [0.1, 0.15) is 0 Å². The predicted octanol–water partition coefficient (Wildman–Crippen LogP) is 4.09. The summed E-state index contributed by atoms with van der Waals surface area (Å²) in [5, 5.41) is 10.2. The maximum atomic E-state index is 9.45. The number of hydrogen-bond acceptors (Lipinski definition) is 2. The zero-order valence-corrected chi connectivity index (χ0v) is 12.9. The molecule has 106 valence electrons. The third kappa shape index (κ3) is 3.43. The Bertz CT molecular complexity index is 431. The summed E-state index contributed by atoms with van der Waals surface area (Å²) < 4.78 is 0. The zero-order chi connectivity index (χ0) is 14.0. The molecule has 0 amide bonds. The van der Waals surface area contributed by atoms with E-state index in [0.717, 1.165) is 35.3 Å². The molecule has 0 radical (unpaired) electrons. The molecule has 0 atom stereocenters. The van der Waals surface area contributed by atoms with E-state index < -0.39 is 0 Å². The van der Waals surface area contributed by atoms with Gasteiger partial charge in [-0.25, -0.2) is 0 Å². The molecule has 2 nitrogen and oxygen atoms in total. The van der Waals surface area contributed by atoms with Gasteiger partial charge in [0, 0.05) is 29.4 Å². The highest BCUT2D eigenvalue weighted by atomic mass is 35.5. The second-order valence-corrected chi connectivity index (χ2v) is 6.99. The van der Waals surface area contributed by atoms with Crippen molar-refractivity contribution in [2.45, 2.75) is 40.2 Å². The molecule has 0 unspecified atom stereocenters. The molecule has 1 aliphatic rings. The van der Waals surface area contributed by atoms with Gasteiger partial charge in [-0.3, -0.25) is 0 Å². The van der Waals surface area contributed by atoms with Gasteiger partial charge in [0.05, 0.1) is 6.61 Å². The third-order valence-corrected chi connectivity index (χ3v) is 4.51. The fourth-order valence-electron chi connectivity index (χ4n) is 2.95. The first kappa shape index (κ1) is 14.7. The van der Waals surface area contributed by atoms with Gasteiger partial charge in [0.15, 0.2) is 0 Å². The molecular formula is C16H24ClNO. The van der Waals surface area contributed by atoms with Gasteiger partial charge in [0.2, 0.25) is 0 Å². The first-order chi connectivity index (χ1) is 8.91. The minimum Gasteiger partial charge on any atom is -0.392 e. The van der Waals surface area contributed by atoms with Crippen molar-refractivity contribution in [2.75, 3.05) is 18.0 Å². The van der Waals surface area contributed by atoms with Gasteiger partial charge in [-0.1, -0.05) is 38.4 Å². The summed E-state index contributed by atoms with van der Waals surface area (Å²) in [5.74, 6) is 0.778. The van der Waals surface area contributed by atoms with Gasteiger partial charge in [-0.2, -0.15) is 0 Å². The molecule has 0 bridgehead atoms. The number of halogens is 1. The summed E-state index contributed by atoms with van der Waals surface area (Å²) in [6.45, 7) is 9.15. The van der Waals surface area contributed by atoms with Gasteiger partial charge >= 0.3 is 0 Å². The fourth-order valence-corrected chi connectivity index (χ4v) is 3.12. The zero-order valence-electron chi connectivity index (χ0n) is 12.1. The molecule has 0 aliphatic carbocycles. The molecule has 0 spiro atoms. The van der Waals surface area contributed by atoms with Crippen molar-refractivity contribution in [2.24, 2.45) is 11.3 Å². The Morgan fingerprint density at radius 3 is 2.42 bits per heavy atom. The standard InChI is InChI=1S/C16H24ClNO/c1-16(2,3)13-6-8-18(9-7-13)15-10-14(17)5-4-12(15)11-19/h4-5,10,13,19H,6-9,11H2,1-3H3. The Morgan fingerprint density at radius 1 is 1.26 bits per heavy atom. The molecule has 0 saturated carbocycles. The van der Waals surface area contributed by atoms with Crippen LogP contribution in [0.2, 0.25) is 5.02 Å². The minimum absolute atomic E-state index is 0.0751. The van der Waals surface area contributed by atoms with Crippen molar-refractivity contribution in [1.82, 2.24) is 0 Å². The van der Waals surface area contributed by atoms with Crippen LogP contribution in [0, 0.1) is 11.3 Å². The van der Waals surface area contributed by atoms with Crippen LogP contribution in [0.15, 0.2) is 18.2 Å². The van der Waals surface area contributed by atoms with Crippen molar-refractivity contribution in [1.29, 1.82) is 0 Å². The van der Waals surface area contributed by atoms with E-state index >= 15 is 0 Å². The van der Waals surface area contributed by atoms with E-state index in [1.54, 1.807) is 0 Å². The molecule has 3 heteroatoms. The number of anilines is 1. The highest BCUT2D eigenvalue weighted by molar-refractivity contribution is 6.30. The Balaban J connectivity index is 2.11. The van der Waals surface area contributed by atoms with Gasteiger partial charge in [-0.15, -0.1) is 0 Å². The Labute approximate surface area is 121 Å². The molecule has 0 aromatic heterocycles. The maximum Gasteiger partial charge on any atom is 0.0702 e. The van der Waals surface area contributed by atoms with Crippen LogP contribution in [-0.4, -0.2) is 18.2 Å². The van der Waals surface area contributed by atoms with E-state index in [0.29, 0.717) is 5.41 Å². The average Bonchev–Trinajstić information content (AvgIpc) is 2.38. The van der Waals surface area contributed by atoms with Crippen molar-refractivity contribution >= 4 is 17.3 Å². The van der Waals surface area contributed by atoms with Gasteiger partial charge in [0.25, 0.3) is 0 Å². The summed E-state index contributed by atoms with van der Waals surface area (Å²) >= 11 is 6.09. The van der Waals surface area contributed by atoms with Crippen LogP contribution < -0.4 is 4.90 Å². The minimum atomic E-state index is 0.0751. The van der Waals surface area contributed by atoms with E-state index in [1.807, 2.05) is 18.2 Å². The molecule has 1 N–H and O–H groups in total. The third-order valence-electron chi connectivity index (χ3n) is 4.28. The Morgan fingerprint density at radius 2 is 1.89 bits per heavy atom. The van der Waals surface area contributed by atoms with Crippen LogP contribution in [-0.2, 0) is 6.61 Å². The van der Waals surface area contributed by atoms with Crippen molar-refractivity contribution < 1.29 is 5.11 Å². The molecule has 1 aromatic carbocycles. The molecule has 19 heavy (non-hydrogen) atoms. The lowest BCUT2D eigenvalue weighted by molar-refractivity contribution is 0.198. The number of piperidine rings is 1. The molecule has 1 aliphatic heterocycles. The summed E-state index contributed by atoms with van der Waals surface area (Å²) in [5.41, 5.74) is 2.46. The normalized spacial score (nSPS) is 17.8. The van der Waals surface area contributed by atoms with E-state index in [9.17, 15) is 5.11 Å². The number of nitrogens with zero attached hydrogens (tertiary/aromatic N) is 1. The lowest BCUT2D eigenvalue weighted by Gasteiger charge is -2.40. The van der Waals surface area contributed by atoms with E-state index in [4.69, 9.17) is 11.6 Å². The molecule has 1 aromatic rings.